The molecule has 1 amide bonds. The fraction of sp³-hybridized carbons (Fsp3) is 0.385. The Hall–Kier alpha value is -3.32. The molecule has 3 aromatic rings. The second-order valence-electron chi connectivity index (χ2n) is 8.97. The van der Waals surface area contributed by atoms with E-state index in [9.17, 15) is 9.90 Å². The molecule has 1 aliphatic heterocycles. The van der Waals surface area contributed by atoms with E-state index in [0.717, 1.165) is 62.2 Å². The summed E-state index contributed by atoms with van der Waals surface area (Å²) < 4.78 is 7.29. The molecule has 1 fully saturated rings. The van der Waals surface area contributed by atoms with E-state index in [1.165, 1.54) is 11.3 Å². The highest BCUT2D eigenvalue weighted by molar-refractivity contribution is 5.94. The van der Waals surface area contributed by atoms with Crippen LogP contribution in [0.3, 0.4) is 0 Å². The first-order chi connectivity index (χ1) is 16.1. The maximum atomic E-state index is 13.0. The van der Waals surface area contributed by atoms with Gasteiger partial charge in [-0.25, -0.2) is 0 Å². The fourth-order valence-electron chi connectivity index (χ4n) is 4.42. The van der Waals surface area contributed by atoms with Gasteiger partial charge in [-0.1, -0.05) is 24.3 Å². The van der Waals surface area contributed by atoms with Gasteiger partial charge in [0.1, 0.15) is 11.5 Å². The van der Waals surface area contributed by atoms with Gasteiger partial charge in [0, 0.05) is 49.9 Å². The number of rotatable bonds is 8. The minimum Gasteiger partial charge on any atom is -0.508 e. The van der Waals surface area contributed by atoms with Gasteiger partial charge in [0.15, 0.2) is 5.69 Å². The summed E-state index contributed by atoms with van der Waals surface area (Å²) in [6.45, 7) is 3.13. The first-order valence-corrected chi connectivity index (χ1v) is 11.6. The summed E-state index contributed by atoms with van der Waals surface area (Å²) in [7, 11) is 1.67. The van der Waals surface area contributed by atoms with E-state index in [0.29, 0.717) is 18.3 Å². The number of ether oxygens (including phenoxy) is 1. The minimum atomic E-state index is -0.0524. The fourth-order valence-corrected chi connectivity index (χ4v) is 4.42. The van der Waals surface area contributed by atoms with Gasteiger partial charge in [-0.2, -0.15) is 5.10 Å². The Balaban J connectivity index is 1.34. The third-order valence-electron chi connectivity index (χ3n) is 6.45. The zero-order chi connectivity index (χ0) is 22.8. The molecule has 0 spiro atoms. The molecule has 1 saturated carbocycles. The third kappa shape index (κ3) is 5.03. The molecule has 0 atom stereocenters. The SMILES string of the molecule is COc1ccc(CCn2nc(C(=O)NC3CC3)c3c2CCN(Cc2ccc(O)cc2)C3)cc1. The number of phenols is 1. The van der Waals surface area contributed by atoms with E-state index in [4.69, 9.17) is 9.84 Å². The average Bonchev–Trinajstić information content (AvgIpc) is 3.58. The summed E-state index contributed by atoms with van der Waals surface area (Å²) in [5.41, 5.74) is 5.15. The Kier molecular flexibility index (Phi) is 6.05. The first-order valence-electron chi connectivity index (χ1n) is 11.6. The van der Waals surface area contributed by atoms with Crippen molar-refractivity contribution in [2.75, 3.05) is 13.7 Å². The molecular formula is C26H30N4O3. The molecule has 172 valence electrons. The van der Waals surface area contributed by atoms with E-state index in [2.05, 4.69) is 22.3 Å². The number of fused-ring (bicyclic) bond motifs is 1. The number of aromatic nitrogens is 2. The quantitative estimate of drug-likeness (QED) is 0.555. The van der Waals surface area contributed by atoms with Gasteiger partial charge in [0.2, 0.25) is 0 Å². The molecule has 0 bridgehead atoms. The van der Waals surface area contributed by atoms with Crippen LogP contribution in [0.4, 0.5) is 0 Å². The number of methoxy groups -OCH3 is 1. The van der Waals surface area contributed by atoms with E-state index in [1.54, 1.807) is 19.2 Å². The maximum Gasteiger partial charge on any atom is 0.272 e. The standard InChI is InChI=1S/C26H30N4O3/c1-33-22-10-4-18(5-11-22)12-15-30-24-13-14-29(16-19-2-8-21(31)9-3-19)17-23(24)25(28-30)26(32)27-20-6-7-20/h2-5,8-11,20,31H,6-7,12-17H2,1H3,(H,27,32). The van der Waals surface area contributed by atoms with Crippen molar-refractivity contribution in [3.8, 4) is 11.5 Å². The molecule has 1 aromatic heterocycles. The zero-order valence-electron chi connectivity index (χ0n) is 19.0. The van der Waals surface area contributed by atoms with Gasteiger partial charge >= 0.3 is 0 Å². The van der Waals surface area contributed by atoms with E-state index >= 15 is 0 Å². The van der Waals surface area contributed by atoms with Gasteiger partial charge < -0.3 is 15.2 Å². The van der Waals surface area contributed by atoms with E-state index in [-0.39, 0.29) is 11.7 Å². The van der Waals surface area contributed by atoms with Gasteiger partial charge in [-0.05, 0) is 54.7 Å². The molecule has 33 heavy (non-hydrogen) atoms. The van der Waals surface area contributed by atoms with Crippen molar-refractivity contribution in [2.24, 2.45) is 0 Å². The van der Waals surface area contributed by atoms with Crippen LogP contribution < -0.4 is 10.1 Å². The third-order valence-corrected chi connectivity index (χ3v) is 6.45. The Morgan fingerprint density at radius 1 is 1.12 bits per heavy atom. The zero-order valence-corrected chi connectivity index (χ0v) is 19.0. The van der Waals surface area contributed by atoms with Crippen LogP contribution in [0.2, 0.25) is 0 Å². The molecule has 2 aliphatic rings. The highest BCUT2D eigenvalue weighted by Crippen LogP contribution is 2.26. The summed E-state index contributed by atoms with van der Waals surface area (Å²) in [6.07, 6.45) is 3.82. The van der Waals surface area contributed by atoms with Crippen LogP contribution in [-0.2, 0) is 32.5 Å². The summed E-state index contributed by atoms with van der Waals surface area (Å²) in [4.78, 5) is 15.3. The smallest absolute Gasteiger partial charge is 0.272 e. The van der Waals surface area contributed by atoms with E-state index < -0.39 is 0 Å². The molecule has 0 radical (unpaired) electrons. The number of aryl methyl sites for hydroxylation is 2. The summed E-state index contributed by atoms with van der Waals surface area (Å²) in [5.74, 6) is 1.07. The largest absolute Gasteiger partial charge is 0.508 e. The molecule has 1 aliphatic carbocycles. The van der Waals surface area contributed by atoms with Crippen LogP contribution in [0.5, 0.6) is 11.5 Å². The number of hydrogen-bond donors (Lipinski definition) is 2. The molecular weight excluding hydrogens is 416 g/mol. The van der Waals surface area contributed by atoms with Crippen molar-refractivity contribution in [1.82, 2.24) is 20.0 Å². The number of benzene rings is 2. The lowest BCUT2D eigenvalue weighted by molar-refractivity contribution is 0.0943. The van der Waals surface area contributed by atoms with Gasteiger partial charge in [-0.15, -0.1) is 0 Å². The highest BCUT2D eigenvalue weighted by atomic mass is 16.5. The van der Waals surface area contributed by atoms with Crippen LogP contribution in [0.25, 0.3) is 0 Å². The van der Waals surface area contributed by atoms with Crippen molar-refractivity contribution in [1.29, 1.82) is 0 Å². The predicted octanol–water partition coefficient (Wildman–Crippen LogP) is 3.29. The number of nitrogens with zero attached hydrogens (tertiary/aromatic N) is 3. The summed E-state index contributed by atoms with van der Waals surface area (Å²) in [5, 5.41) is 17.5. The first kappa shape index (κ1) is 21.5. The number of hydrogen-bond acceptors (Lipinski definition) is 5. The van der Waals surface area contributed by atoms with Crippen molar-refractivity contribution in [3.63, 3.8) is 0 Å². The number of carbonyl (C=O) groups excluding carboxylic acids is 1. The van der Waals surface area contributed by atoms with Crippen molar-refractivity contribution >= 4 is 5.91 Å². The number of amides is 1. The number of phenolic OH excluding ortho intramolecular Hbond substituents is 1. The van der Waals surface area contributed by atoms with Gasteiger partial charge in [0.25, 0.3) is 5.91 Å². The molecule has 7 nitrogen and oxygen atoms in total. The van der Waals surface area contributed by atoms with E-state index in [1.807, 2.05) is 28.9 Å². The normalized spacial score (nSPS) is 15.8. The average molecular weight is 447 g/mol. The predicted molar refractivity (Wildman–Crippen MR) is 125 cm³/mol. The number of nitrogens with one attached hydrogen (secondary N) is 1. The molecule has 2 heterocycles. The second-order valence-corrected chi connectivity index (χ2v) is 8.97. The minimum absolute atomic E-state index is 0.0524. The number of aromatic hydroxyl groups is 1. The van der Waals surface area contributed by atoms with Crippen LogP contribution >= 0.6 is 0 Å². The van der Waals surface area contributed by atoms with Crippen LogP contribution in [0.15, 0.2) is 48.5 Å². The lowest BCUT2D eigenvalue weighted by Gasteiger charge is -2.27. The van der Waals surface area contributed by atoms with Gasteiger partial charge in [0.05, 0.1) is 7.11 Å². The Morgan fingerprint density at radius 2 is 1.85 bits per heavy atom. The van der Waals surface area contributed by atoms with Crippen LogP contribution in [0, 0.1) is 0 Å². The number of carbonyl (C=O) groups is 1. The van der Waals surface area contributed by atoms with Crippen molar-refractivity contribution < 1.29 is 14.6 Å². The topological polar surface area (TPSA) is 79.6 Å². The van der Waals surface area contributed by atoms with Crippen LogP contribution in [0.1, 0.15) is 45.7 Å². The molecule has 2 aromatic carbocycles. The second kappa shape index (κ2) is 9.27. The Bertz CT molecular complexity index is 1120. The molecule has 2 N–H and O–H groups in total. The van der Waals surface area contributed by atoms with Crippen molar-refractivity contribution in [2.45, 2.75) is 51.4 Å². The van der Waals surface area contributed by atoms with Crippen LogP contribution in [-0.4, -0.2) is 45.4 Å². The maximum absolute atomic E-state index is 13.0. The molecule has 0 saturated heterocycles. The Morgan fingerprint density at radius 3 is 2.55 bits per heavy atom. The molecule has 7 heteroatoms. The summed E-state index contributed by atoms with van der Waals surface area (Å²) in [6, 6.07) is 15.7. The summed E-state index contributed by atoms with van der Waals surface area (Å²) >= 11 is 0. The lowest BCUT2D eigenvalue weighted by atomic mass is 10.0. The monoisotopic (exact) mass is 446 g/mol. The van der Waals surface area contributed by atoms with Gasteiger partial charge in [-0.3, -0.25) is 14.4 Å². The van der Waals surface area contributed by atoms with Crippen molar-refractivity contribution in [3.05, 3.63) is 76.6 Å². The Labute approximate surface area is 194 Å². The highest BCUT2D eigenvalue weighted by Gasteiger charge is 2.31. The molecule has 0 unspecified atom stereocenters. The molecule has 5 rings (SSSR count). The lowest BCUT2D eigenvalue weighted by Crippen LogP contribution is -2.32.